The van der Waals surface area contributed by atoms with Crippen molar-refractivity contribution in [3.63, 3.8) is 0 Å². The molecule has 0 bridgehead atoms. The SMILES string of the molecule is O=P(O)(O)C(NCCCOS(=O)(=O)O)(NCCCOS(=O)(=O)O)P(=O)(O)O. The van der Waals surface area contributed by atoms with Crippen LogP contribution in [0.5, 0.6) is 0 Å². The molecule has 16 nitrogen and oxygen atoms in total. The smallest absolute Gasteiger partial charge is 0.322 e. The van der Waals surface area contributed by atoms with Crippen LogP contribution in [0.25, 0.3) is 0 Å². The molecule has 0 spiro atoms. The van der Waals surface area contributed by atoms with Crippen LogP contribution in [-0.4, -0.2) is 77.0 Å². The Kier molecular flexibility index (Phi) is 10.1. The summed E-state index contributed by atoms with van der Waals surface area (Å²) in [5.41, 5.74) is 0. The molecule has 0 aromatic heterocycles. The summed E-state index contributed by atoms with van der Waals surface area (Å²) < 4.78 is 89.4. The lowest BCUT2D eigenvalue weighted by Crippen LogP contribution is -2.56. The lowest BCUT2D eigenvalue weighted by molar-refractivity contribution is 0.235. The minimum atomic E-state index is -5.59. The van der Waals surface area contributed by atoms with Crippen molar-refractivity contribution < 1.29 is 63.0 Å². The van der Waals surface area contributed by atoms with Crippen LogP contribution < -0.4 is 10.6 Å². The molecule has 0 aromatic rings. The fourth-order valence-corrected chi connectivity index (χ4v) is 4.93. The van der Waals surface area contributed by atoms with Gasteiger partial charge in [-0.1, -0.05) is 0 Å². The average molecular weight is 482 g/mol. The molecule has 20 heteroatoms. The van der Waals surface area contributed by atoms with Gasteiger partial charge in [0.1, 0.15) is 0 Å². The number of hydrogen-bond donors (Lipinski definition) is 8. The molecule has 0 unspecified atom stereocenters. The molecule has 0 saturated heterocycles. The van der Waals surface area contributed by atoms with Crippen LogP contribution in [0.2, 0.25) is 0 Å². The van der Waals surface area contributed by atoms with Crippen molar-refractivity contribution in [1.82, 2.24) is 10.6 Å². The first-order valence-electron chi connectivity index (χ1n) is 6.76. The molecule has 0 aromatic carbocycles. The van der Waals surface area contributed by atoms with E-state index in [-0.39, 0.29) is 12.8 Å². The lowest BCUT2D eigenvalue weighted by Gasteiger charge is -2.36. The summed E-state index contributed by atoms with van der Waals surface area (Å²) in [7, 11) is -20.7. The van der Waals surface area contributed by atoms with E-state index in [9.17, 15) is 45.5 Å². The molecule has 0 radical (unpaired) electrons. The molecule has 0 rings (SSSR count). The van der Waals surface area contributed by atoms with Crippen LogP contribution in [-0.2, 0) is 38.3 Å². The second-order valence-corrected chi connectivity index (χ2v) is 10.9. The molecule has 0 heterocycles. The maximum absolute atomic E-state index is 11.7. The molecule has 0 saturated carbocycles. The lowest BCUT2D eigenvalue weighted by atomic mass is 10.4. The van der Waals surface area contributed by atoms with Gasteiger partial charge in [-0.05, 0) is 12.8 Å². The Bertz CT molecular complexity index is 703. The van der Waals surface area contributed by atoms with E-state index in [2.05, 4.69) is 8.37 Å². The monoisotopic (exact) mass is 482 g/mol. The van der Waals surface area contributed by atoms with E-state index in [0.29, 0.717) is 0 Å². The summed E-state index contributed by atoms with van der Waals surface area (Å²) >= 11 is 0. The van der Waals surface area contributed by atoms with Crippen LogP contribution in [0.15, 0.2) is 0 Å². The number of rotatable bonds is 14. The highest BCUT2D eigenvalue weighted by Gasteiger charge is 2.60. The largest absolute Gasteiger partial charge is 0.397 e. The van der Waals surface area contributed by atoms with Gasteiger partial charge < -0.3 is 19.6 Å². The molecule has 0 atom stereocenters. The highest BCUT2D eigenvalue weighted by molar-refractivity contribution is 7.81. The second kappa shape index (κ2) is 10.1. The Labute approximate surface area is 154 Å². The molecule has 0 aliphatic rings. The summed E-state index contributed by atoms with van der Waals surface area (Å²) in [6.07, 6.45) is -0.676. The maximum atomic E-state index is 11.7. The first-order valence-corrected chi connectivity index (χ1v) is 12.7. The predicted octanol–water partition coefficient (Wildman–Crippen LogP) is -2.45. The summed E-state index contributed by atoms with van der Waals surface area (Å²) in [4.78, 5) is 37.6. The summed E-state index contributed by atoms with van der Waals surface area (Å²) in [6.45, 7) is -2.46. The van der Waals surface area contributed by atoms with Gasteiger partial charge >= 0.3 is 36.0 Å². The molecule has 8 N–H and O–H groups in total. The highest BCUT2D eigenvalue weighted by Crippen LogP contribution is 2.65. The van der Waals surface area contributed by atoms with E-state index in [0.717, 1.165) is 0 Å². The molecule has 0 aliphatic carbocycles. The van der Waals surface area contributed by atoms with Crippen molar-refractivity contribution >= 4 is 36.0 Å². The summed E-state index contributed by atoms with van der Waals surface area (Å²) in [6, 6.07) is 0. The molecular formula is C7H20N2O14P2S2. The van der Waals surface area contributed by atoms with Gasteiger partial charge in [-0.2, -0.15) is 16.8 Å². The maximum Gasteiger partial charge on any atom is 0.397 e. The van der Waals surface area contributed by atoms with Crippen LogP contribution >= 0.6 is 15.2 Å². The Hall–Kier alpha value is -0.0400. The summed E-state index contributed by atoms with van der Waals surface area (Å²) in [5, 5.41) is 0.541. The summed E-state index contributed by atoms with van der Waals surface area (Å²) in [5.74, 6) is 0. The van der Waals surface area contributed by atoms with Crippen molar-refractivity contribution in [2.75, 3.05) is 26.3 Å². The van der Waals surface area contributed by atoms with Crippen molar-refractivity contribution in [1.29, 1.82) is 0 Å². The zero-order valence-corrected chi connectivity index (χ0v) is 16.8. The van der Waals surface area contributed by atoms with Gasteiger partial charge in [0.15, 0.2) is 0 Å². The highest BCUT2D eigenvalue weighted by atomic mass is 32.3. The van der Waals surface area contributed by atoms with E-state index in [1.54, 1.807) is 0 Å². The van der Waals surface area contributed by atoms with E-state index in [1.165, 1.54) is 0 Å². The Morgan fingerprint density at radius 1 is 0.741 bits per heavy atom. The minimum Gasteiger partial charge on any atom is -0.322 e. The first kappa shape index (κ1) is 27.0. The van der Waals surface area contributed by atoms with Gasteiger partial charge in [0.25, 0.3) is 5.15 Å². The zero-order valence-electron chi connectivity index (χ0n) is 13.4. The minimum absolute atomic E-state index is 0.338. The topological polar surface area (TPSA) is 266 Å². The third kappa shape index (κ3) is 10.3. The Balaban J connectivity index is 5.06. The van der Waals surface area contributed by atoms with Gasteiger partial charge in [-0.25, -0.2) is 8.37 Å². The number of hydrogen-bond acceptors (Lipinski definition) is 10. The third-order valence-corrected chi connectivity index (χ3v) is 7.50. The molecule has 27 heavy (non-hydrogen) atoms. The quantitative estimate of drug-likeness (QED) is 0.0552. The van der Waals surface area contributed by atoms with Gasteiger partial charge in [-0.15, -0.1) is 0 Å². The standard InChI is InChI=1S/C7H20N2O14P2S2/c10-24(11,12)7(25(13,14)15,8-3-1-5-22-26(16,17)18)9-4-2-6-23-27(19,20)21/h8-9H,1-6H2,(H2,10,11,12)(H2,13,14,15)(H,16,17,18)(H,19,20,21). The molecule has 0 amide bonds. The Morgan fingerprint density at radius 3 is 1.26 bits per heavy atom. The molecular weight excluding hydrogens is 462 g/mol. The van der Waals surface area contributed by atoms with E-state index in [4.69, 9.17) is 9.11 Å². The zero-order chi connectivity index (χ0) is 21.6. The van der Waals surface area contributed by atoms with Crippen molar-refractivity contribution in [2.24, 2.45) is 0 Å². The van der Waals surface area contributed by atoms with Crippen LogP contribution in [0.4, 0.5) is 0 Å². The number of nitrogens with one attached hydrogen (secondary N) is 2. The molecule has 164 valence electrons. The fourth-order valence-electron chi connectivity index (χ4n) is 1.64. The third-order valence-electron chi connectivity index (χ3n) is 2.69. The van der Waals surface area contributed by atoms with E-state index >= 15 is 0 Å². The second-order valence-electron chi connectivity index (χ2n) is 4.82. The van der Waals surface area contributed by atoms with Gasteiger partial charge in [0, 0.05) is 13.1 Å². The van der Waals surface area contributed by atoms with Crippen LogP contribution in [0.1, 0.15) is 12.8 Å². The normalized spacial score (nSPS) is 14.4. The average Bonchev–Trinajstić information content (AvgIpc) is 2.39. The van der Waals surface area contributed by atoms with Gasteiger partial charge in [0.05, 0.1) is 13.2 Å². The predicted molar refractivity (Wildman–Crippen MR) is 87.1 cm³/mol. The van der Waals surface area contributed by atoms with Crippen molar-refractivity contribution in [3.05, 3.63) is 0 Å². The Morgan fingerprint density at radius 2 is 1.04 bits per heavy atom. The van der Waals surface area contributed by atoms with E-state index in [1.807, 2.05) is 10.6 Å². The van der Waals surface area contributed by atoms with Crippen LogP contribution in [0, 0.1) is 0 Å². The molecule has 0 aliphatic heterocycles. The van der Waals surface area contributed by atoms with Gasteiger partial charge in [-0.3, -0.25) is 28.9 Å². The fraction of sp³-hybridized carbons (Fsp3) is 1.00. The van der Waals surface area contributed by atoms with E-state index < -0.39 is 67.4 Å². The van der Waals surface area contributed by atoms with Gasteiger partial charge in [0.2, 0.25) is 0 Å². The van der Waals surface area contributed by atoms with Crippen LogP contribution in [0.3, 0.4) is 0 Å². The molecule has 0 fully saturated rings. The first-order chi connectivity index (χ1) is 11.9. The van der Waals surface area contributed by atoms with Crippen molar-refractivity contribution in [3.8, 4) is 0 Å². The van der Waals surface area contributed by atoms with Crippen molar-refractivity contribution in [2.45, 2.75) is 18.0 Å².